The summed E-state index contributed by atoms with van der Waals surface area (Å²) in [5.41, 5.74) is 0.782. The Bertz CT molecular complexity index is 730. The van der Waals surface area contributed by atoms with Crippen molar-refractivity contribution in [3.63, 3.8) is 0 Å². The molecule has 4 aliphatic carbocycles. The van der Waals surface area contributed by atoms with E-state index in [1.165, 1.54) is 57.8 Å². The van der Waals surface area contributed by atoms with Crippen LogP contribution in [0.4, 0.5) is 8.78 Å². The van der Waals surface area contributed by atoms with E-state index >= 15 is 0 Å². The van der Waals surface area contributed by atoms with Gasteiger partial charge in [-0.15, -0.1) is 0 Å². The molecular formula is C30H50F2O2. The first kappa shape index (κ1) is 26.4. The summed E-state index contributed by atoms with van der Waals surface area (Å²) in [7, 11) is 0. The van der Waals surface area contributed by atoms with Crippen molar-refractivity contribution in [2.24, 2.45) is 52.3 Å². The molecule has 4 aliphatic rings. The Hall–Kier alpha value is -0.670. The predicted octanol–water partition coefficient (Wildman–Crippen LogP) is 8.67. The zero-order chi connectivity index (χ0) is 24.9. The molecule has 4 heteroatoms. The van der Waals surface area contributed by atoms with E-state index < -0.39 is 11.9 Å². The van der Waals surface area contributed by atoms with Crippen molar-refractivity contribution < 1.29 is 18.3 Å². The van der Waals surface area contributed by atoms with Gasteiger partial charge in [-0.1, -0.05) is 53.9 Å². The summed E-state index contributed by atoms with van der Waals surface area (Å²) in [6, 6.07) is 0. The second-order valence-corrected chi connectivity index (χ2v) is 13.9. The Morgan fingerprint density at radius 1 is 0.941 bits per heavy atom. The Labute approximate surface area is 207 Å². The van der Waals surface area contributed by atoms with Gasteiger partial charge in [-0.25, -0.2) is 4.79 Å². The third kappa shape index (κ3) is 4.82. The van der Waals surface area contributed by atoms with Crippen LogP contribution in [0, 0.1) is 52.3 Å². The molecule has 196 valence electrons. The van der Waals surface area contributed by atoms with Gasteiger partial charge in [-0.05, 0) is 110 Å². The van der Waals surface area contributed by atoms with E-state index in [-0.39, 0.29) is 11.5 Å². The zero-order valence-corrected chi connectivity index (χ0v) is 22.7. The fourth-order valence-electron chi connectivity index (χ4n) is 9.61. The highest BCUT2D eigenvalue weighted by Gasteiger charge is 2.60. The van der Waals surface area contributed by atoms with Gasteiger partial charge in [0.15, 0.2) is 0 Å². The van der Waals surface area contributed by atoms with Crippen LogP contribution in [0.1, 0.15) is 119 Å². The Morgan fingerprint density at radius 2 is 1.62 bits per heavy atom. The second kappa shape index (κ2) is 9.66. The molecule has 0 aromatic heterocycles. The smallest absolute Gasteiger partial charge is 0.376 e. The van der Waals surface area contributed by atoms with Gasteiger partial charge in [0.1, 0.15) is 6.10 Å². The number of rotatable bonds is 7. The van der Waals surface area contributed by atoms with Crippen LogP contribution in [0.5, 0.6) is 0 Å². The van der Waals surface area contributed by atoms with Crippen LogP contribution in [0.2, 0.25) is 0 Å². The van der Waals surface area contributed by atoms with E-state index in [0.29, 0.717) is 18.3 Å². The van der Waals surface area contributed by atoms with Crippen molar-refractivity contribution in [3.8, 4) is 0 Å². The summed E-state index contributed by atoms with van der Waals surface area (Å²) in [6.45, 7) is 13.0. The summed E-state index contributed by atoms with van der Waals surface area (Å²) in [4.78, 5) is 11.8. The summed E-state index contributed by atoms with van der Waals surface area (Å²) in [5, 5.41) is 0. The molecule has 2 nitrogen and oxygen atoms in total. The third-order valence-electron chi connectivity index (χ3n) is 11.5. The Morgan fingerprint density at radius 3 is 2.29 bits per heavy atom. The van der Waals surface area contributed by atoms with Crippen LogP contribution in [-0.2, 0) is 9.53 Å². The van der Waals surface area contributed by atoms with E-state index in [2.05, 4.69) is 34.6 Å². The maximum Gasteiger partial charge on any atom is 0.376 e. The molecule has 0 N–H and O–H groups in total. The lowest BCUT2D eigenvalue weighted by Crippen LogP contribution is -2.54. The first-order chi connectivity index (χ1) is 15.9. The van der Waals surface area contributed by atoms with Gasteiger partial charge in [0.2, 0.25) is 0 Å². The van der Waals surface area contributed by atoms with Crippen LogP contribution in [0.3, 0.4) is 0 Å². The number of ether oxygens (including phenoxy) is 1. The van der Waals surface area contributed by atoms with Gasteiger partial charge in [-0.2, -0.15) is 8.78 Å². The largest absolute Gasteiger partial charge is 0.458 e. The molecule has 4 saturated carbocycles. The number of hydrogen-bond donors (Lipinski definition) is 0. The molecule has 0 aromatic rings. The molecule has 0 radical (unpaired) electrons. The number of carbonyl (C=O) groups excluding carboxylic acids is 1. The summed E-state index contributed by atoms with van der Waals surface area (Å²) >= 11 is 0. The van der Waals surface area contributed by atoms with Gasteiger partial charge >= 0.3 is 11.9 Å². The molecule has 0 amide bonds. The molecule has 0 saturated heterocycles. The minimum absolute atomic E-state index is 0.281. The van der Waals surface area contributed by atoms with Gasteiger partial charge in [0.25, 0.3) is 0 Å². The summed E-state index contributed by atoms with van der Waals surface area (Å²) in [6.07, 6.45) is 14.3. The van der Waals surface area contributed by atoms with E-state index in [9.17, 15) is 13.6 Å². The first-order valence-electron chi connectivity index (χ1n) is 14.4. The van der Waals surface area contributed by atoms with Crippen molar-refractivity contribution >= 4 is 5.97 Å². The van der Waals surface area contributed by atoms with Gasteiger partial charge in [0, 0.05) is 6.92 Å². The molecule has 0 heterocycles. The van der Waals surface area contributed by atoms with Gasteiger partial charge in [0.05, 0.1) is 0 Å². The predicted molar refractivity (Wildman–Crippen MR) is 134 cm³/mol. The van der Waals surface area contributed by atoms with Crippen molar-refractivity contribution in [3.05, 3.63) is 0 Å². The average molecular weight is 481 g/mol. The maximum absolute atomic E-state index is 13.4. The molecule has 4 rings (SSSR count). The van der Waals surface area contributed by atoms with E-state index in [1.54, 1.807) is 0 Å². The minimum atomic E-state index is -3.39. The minimum Gasteiger partial charge on any atom is -0.458 e. The highest BCUT2D eigenvalue weighted by atomic mass is 19.3. The molecule has 9 atom stereocenters. The molecule has 4 fully saturated rings. The number of halogens is 2. The lowest BCUT2D eigenvalue weighted by atomic mass is 9.44. The summed E-state index contributed by atoms with van der Waals surface area (Å²) in [5.74, 6) is 0.719. The van der Waals surface area contributed by atoms with Crippen LogP contribution in [-0.4, -0.2) is 18.0 Å². The molecule has 9 unspecified atom stereocenters. The van der Waals surface area contributed by atoms with Crippen LogP contribution < -0.4 is 0 Å². The number of esters is 1. The molecule has 0 spiro atoms. The molecule has 34 heavy (non-hydrogen) atoms. The van der Waals surface area contributed by atoms with Gasteiger partial charge < -0.3 is 4.74 Å². The third-order valence-corrected chi connectivity index (χ3v) is 11.5. The van der Waals surface area contributed by atoms with Crippen molar-refractivity contribution in [2.45, 2.75) is 131 Å². The van der Waals surface area contributed by atoms with Gasteiger partial charge in [-0.3, -0.25) is 0 Å². The van der Waals surface area contributed by atoms with E-state index in [4.69, 9.17) is 4.74 Å². The second-order valence-electron chi connectivity index (χ2n) is 13.9. The fraction of sp³-hybridized carbons (Fsp3) is 0.967. The number of alkyl halides is 2. The highest BCUT2D eigenvalue weighted by molar-refractivity contribution is 5.77. The van der Waals surface area contributed by atoms with Crippen LogP contribution in [0.25, 0.3) is 0 Å². The number of carbonyl (C=O) groups is 1. The van der Waals surface area contributed by atoms with Crippen molar-refractivity contribution in [2.75, 3.05) is 0 Å². The van der Waals surface area contributed by atoms with E-state index in [0.717, 1.165) is 54.8 Å². The molecule has 0 aliphatic heterocycles. The van der Waals surface area contributed by atoms with Crippen molar-refractivity contribution in [1.82, 2.24) is 0 Å². The van der Waals surface area contributed by atoms with Crippen LogP contribution in [0.15, 0.2) is 0 Å². The summed E-state index contributed by atoms with van der Waals surface area (Å²) < 4.78 is 32.0. The lowest BCUT2D eigenvalue weighted by Gasteiger charge is -2.61. The quantitative estimate of drug-likeness (QED) is 0.341. The maximum atomic E-state index is 13.4. The Kier molecular flexibility index (Phi) is 7.50. The standard InChI is InChI=1S/C30H50F2O2/c1-19(2)8-7-9-20(3)24-12-13-25-23-11-10-21-18-22(34-27(33)30(6,31)32)14-16-28(21,4)26(23)15-17-29(24,25)5/h19-26H,7-18H2,1-6H3. The first-order valence-corrected chi connectivity index (χ1v) is 14.4. The lowest BCUT2D eigenvalue weighted by molar-refractivity contribution is -0.184. The molecule has 0 aromatic carbocycles. The Balaban J connectivity index is 1.41. The van der Waals surface area contributed by atoms with Crippen LogP contribution >= 0.6 is 0 Å². The monoisotopic (exact) mass is 480 g/mol. The highest BCUT2D eigenvalue weighted by Crippen LogP contribution is 2.68. The number of fused-ring (bicyclic) bond motifs is 5. The normalized spacial score (nSPS) is 43.1. The number of hydrogen-bond acceptors (Lipinski definition) is 2. The zero-order valence-electron chi connectivity index (χ0n) is 22.7. The molecular weight excluding hydrogens is 430 g/mol. The fourth-order valence-corrected chi connectivity index (χ4v) is 9.61. The SMILES string of the molecule is CC(C)CCCC(C)C1CCC2C3CCC4CC(OC(=O)C(C)(F)F)CCC4(C)C3CCC12C. The average Bonchev–Trinajstić information content (AvgIpc) is 3.10. The topological polar surface area (TPSA) is 26.3 Å². The van der Waals surface area contributed by atoms with E-state index in [1.807, 2.05) is 0 Å². The molecule has 0 bridgehead atoms. The van der Waals surface area contributed by atoms with Crippen molar-refractivity contribution in [1.29, 1.82) is 0 Å².